The lowest BCUT2D eigenvalue weighted by Gasteiger charge is -2.18. The predicted molar refractivity (Wildman–Crippen MR) is 125 cm³/mol. The number of hydrogen-bond acceptors (Lipinski definition) is 9. The Kier molecular flexibility index (Phi) is 6.61. The average molecular weight is 468 g/mol. The Labute approximate surface area is 197 Å². The number of rotatable bonds is 8. The van der Waals surface area contributed by atoms with Gasteiger partial charge in [-0.15, -0.1) is 5.10 Å². The maximum absolute atomic E-state index is 12.5. The van der Waals surface area contributed by atoms with Gasteiger partial charge in [0.2, 0.25) is 0 Å². The first kappa shape index (κ1) is 22.6. The molecule has 2 aliphatic rings. The number of hydrogen-bond donors (Lipinski definition) is 2. The van der Waals surface area contributed by atoms with E-state index in [0.29, 0.717) is 57.6 Å². The molecule has 0 radical (unpaired) electrons. The molecule has 4 heterocycles. The molecule has 3 aromatic rings. The summed E-state index contributed by atoms with van der Waals surface area (Å²) in [7, 11) is 1.62. The van der Waals surface area contributed by atoms with Gasteiger partial charge in [-0.2, -0.15) is 5.10 Å². The third kappa shape index (κ3) is 4.84. The molecule has 10 heteroatoms. The van der Waals surface area contributed by atoms with Crippen molar-refractivity contribution >= 4 is 10.9 Å². The number of methoxy groups -OCH3 is 1. The van der Waals surface area contributed by atoms with E-state index in [2.05, 4.69) is 20.4 Å². The number of aliphatic hydroxyl groups is 1. The molecule has 0 spiro atoms. The van der Waals surface area contributed by atoms with Gasteiger partial charge in [-0.05, 0) is 23.6 Å². The number of nitrogens with one attached hydrogen (secondary N) is 1. The van der Waals surface area contributed by atoms with E-state index in [1.807, 2.05) is 30.3 Å². The lowest BCUT2D eigenvalue weighted by atomic mass is 10.1. The Morgan fingerprint density at radius 3 is 2.85 bits per heavy atom. The van der Waals surface area contributed by atoms with E-state index in [-0.39, 0.29) is 11.5 Å². The first-order valence-electron chi connectivity index (χ1n) is 11.5. The van der Waals surface area contributed by atoms with Crippen LogP contribution in [0.1, 0.15) is 5.69 Å². The van der Waals surface area contributed by atoms with Gasteiger partial charge in [-0.3, -0.25) is 9.69 Å². The fourth-order valence-electron chi connectivity index (χ4n) is 4.56. The Morgan fingerprint density at radius 2 is 1.97 bits per heavy atom. The molecule has 0 unspecified atom stereocenters. The van der Waals surface area contributed by atoms with Crippen LogP contribution in [-0.2, 0) is 13.1 Å². The summed E-state index contributed by atoms with van der Waals surface area (Å²) in [5.74, 6) is 1.86. The van der Waals surface area contributed by atoms with Crippen LogP contribution in [0.3, 0.4) is 0 Å². The molecule has 1 saturated heterocycles. The number of aromatic nitrogens is 3. The highest BCUT2D eigenvalue weighted by atomic mass is 16.6. The monoisotopic (exact) mass is 467 g/mol. The van der Waals surface area contributed by atoms with Gasteiger partial charge in [-0.1, -0.05) is 0 Å². The van der Waals surface area contributed by atoms with Crippen LogP contribution in [0.25, 0.3) is 10.9 Å². The van der Waals surface area contributed by atoms with Crippen molar-refractivity contribution in [2.24, 2.45) is 5.92 Å². The van der Waals surface area contributed by atoms with Gasteiger partial charge in [0.1, 0.15) is 19.0 Å². The second-order valence-electron chi connectivity index (χ2n) is 8.67. The number of β-amino-alcohol motifs (C(OH)–C–C–N with tert-alkyl or cyclic N) is 1. The molecule has 5 rings (SSSR count). The minimum Gasteiger partial charge on any atom is -0.497 e. The molecule has 1 fully saturated rings. The molecule has 2 aromatic heterocycles. The number of benzene rings is 1. The molecule has 0 saturated carbocycles. The fourth-order valence-corrected chi connectivity index (χ4v) is 4.56. The zero-order valence-corrected chi connectivity index (χ0v) is 19.1. The molecule has 2 aliphatic heterocycles. The SMILES string of the molecule is COc1ccc2ccc(=O)n(CCN3C[C@H](CNCc4cc5c(nn4)OCCO5)[C@H](O)C3)c2c1. The van der Waals surface area contributed by atoms with E-state index in [9.17, 15) is 9.90 Å². The van der Waals surface area contributed by atoms with Crippen LogP contribution < -0.4 is 25.1 Å². The van der Waals surface area contributed by atoms with Gasteiger partial charge < -0.3 is 29.2 Å². The topological polar surface area (TPSA) is 111 Å². The second-order valence-corrected chi connectivity index (χ2v) is 8.67. The van der Waals surface area contributed by atoms with E-state index < -0.39 is 6.10 Å². The molecule has 2 N–H and O–H groups in total. The second kappa shape index (κ2) is 9.96. The van der Waals surface area contributed by atoms with E-state index in [1.54, 1.807) is 17.7 Å². The number of fused-ring (bicyclic) bond motifs is 2. The Bertz CT molecular complexity index is 1220. The Morgan fingerprint density at radius 1 is 1.12 bits per heavy atom. The first-order valence-corrected chi connectivity index (χ1v) is 11.5. The molecular weight excluding hydrogens is 438 g/mol. The van der Waals surface area contributed by atoms with Crippen molar-refractivity contribution in [2.45, 2.75) is 19.2 Å². The summed E-state index contributed by atoms with van der Waals surface area (Å²) in [6.45, 7) is 4.73. The van der Waals surface area contributed by atoms with Gasteiger partial charge in [0, 0.05) is 63.4 Å². The summed E-state index contributed by atoms with van der Waals surface area (Å²) >= 11 is 0. The summed E-state index contributed by atoms with van der Waals surface area (Å²) < 4.78 is 18.1. The molecule has 34 heavy (non-hydrogen) atoms. The van der Waals surface area contributed by atoms with Crippen LogP contribution >= 0.6 is 0 Å². The number of pyridine rings is 1. The normalized spacial score (nSPS) is 20.1. The summed E-state index contributed by atoms with van der Waals surface area (Å²) in [5, 5.41) is 23.2. The zero-order valence-electron chi connectivity index (χ0n) is 19.1. The Balaban J connectivity index is 1.16. The molecule has 10 nitrogen and oxygen atoms in total. The van der Waals surface area contributed by atoms with Gasteiger partial charge in [0.15, 0.2) is 5.75 Å². The van der Waals surface area contributed by atoms with E-state index >= 15 is 0 Å². The third-order valence-corrected chi connectivity index (χ3v) is 6.39. The highest BCUT2D eigenvalue weighted by Gasteiger charge is 2.30. The van der Waals surface area contributed by atoms with Crippen LogP contribution in [0.15, 0.2) is 41.2 Å². The summed E-state index contributed by atoms with van der Waals surface area (Å²) in [5.41, 5.74) is 1.57. The molecule has 0 bridgehead atoms. The number of ether oxygens (including phenoxy) is 3. The predicted octanol–water partition coefficient (Wildman–Crippen LogP) is 0.654. The first-order chi connectivity index (χ1) is 16.6. The number of likely N-dealkylation sites (tertiary alicyclic amines) is 1. The fraction of sp³-hybridized carbons (Fsp3) is 0.458. The third-order valence-electron chi connectivity index (χ3n) is 6.39. The smallest absolute Gasteiger partial charge is 0.276 e. The zero-order chi connectivity index (χ0) is 23.5. The van der Waals surface area contributed by atoms with Crippen LogP contribution in [0.5, 0.6) is 17.4 Å². The van der Waals surface area contributed by atoms with Crippen molar-refractivity contribution in [3.63, 3.8) is 0 Å². The van der Waals surface area contributed by atoms with E-state index in [1.165, 1.54) is 0 Å². The standard InChI is InChI=1S/C24H29N5O5/c1-32-19-4-2-16-3-5-23(31)29(20(16)11-19)7-6-28-14-17(21(30)15-28)12-25-13-18-10-22-24(27-26-18)34-9-8-33-22/h2-5,10-11,17,21,25,30H,6-9,12-15H2,1H3/t17-,21+/m0/s1. The van der Waals surface area contributed by atoms with E-state index in [0.717, 1.165) is 28.9 Å². The molecule has 2 atom stereocenters. The van der Waals surface area contributed by atoms with Crippen LogP contribution in [0, 0.1) is 5.92 Å². The lowest BCUT2D eigenvalue weighted by Crippen LogP contribution is -2.31. The molecule has 1 aromatic carbocycles. The van der Waals surface area contributed by atoms with Crippen molar-refractivity contribution in [3.05, 3.63) is 52.4 Å². The average Bonchev–Trinajstić information content (AvgIpc) is 3.22. The van der Waals surface area contributed by atoms with Crippen LogP contribution in [-0.4, -0.2) is 77.4 Å². The maximum atomic E-state index is 12.5. The van der Waals surface area contributed by atoms with Crippen molar-refractivity contribution in [1.29, 1.82) is 0 Å². The van der Waals surface area contributed by atoms with Crippen LogP contribution in [0.2, 0.25) is 0 Å². The van der Waals surface area contributed by atoms with E-state index in [4.69, 9.17) is 14.2 Å². The Hall–Kier alpha value is -3.21. The van der Waals surface area contributed by atoms with Gasteiger partial charge in [0.05, 0.1) is 24.4 Å². The van der Waals surface area contributed by atoms with Crippen molar-refractivity contribution in [2.75, 3.05) is 46.5 Å². The van der Waals surface area contributed by atoms with Gasteiger partial charge >= 0.3 is 0 Å². The van der Waals surface area contributed by atoms with Crippen molar-refractivity contribution < 1.29 is 19.3 Å². The highest BCUT2D eigenvalue weighted by Crippen LogP contribution is 2.26. The number of nitrogens with zero attached hydrogens (tertiary/aromatic N) is 4. The summed E-state index contributed by atoms with van der Waals surface area (Å²) in [6, 6.07) is 11.0. The quantitative estimate of drug-likeness (QED) is 0.493. The van der Waals surface area contributed by atoms with Crippen LogP contribution in [0.4, 0.5) is 0 Å². The molecular formula is C24H29N5O5. The van der Waals surface area contributed by atoms with Gasteiger partial charge in [0.25, 0.3) is 11.4 Å². The maximum Gasteiger partial charge on any atom is 0.276 e. The molecule has 180 valence electrons. The molecule has 0 amide bonds. The van der Waals surface area contributed by atoms with Gasteiger partial charge in [-0.25, -0.2) is 0 Å². The summed E-state index contributed by atoms with van der Waals surface area (Å²) in [6.07, 6.45) is -0.428. The number of aliphatic hydroxyl groups excluding tert-OH is 1. The minimum atomic E-state index is -0.428. The van der Waals surface area contributed by atoms with Crippen molar-refractivity contribution in [3.8, 4) is 17.4 Å². The minimum absolute atomic E-state index is 0.0424. The van der Waals surface area contributed by atoms with Crippen molar-refractivity contribution in [1.82, 2.24) is 25.0 Å². The lowest BCUT2D eigenvalue weighted by molar-refractivity contribution is 0.140. The highest BCUT2D eigenvalue weighted by molar-refractivity contribution is 5.80. The summed E-state index contributed by atoms with van der Waals surface area (Å²) in [4.78, 5) is 14.7. The molecule has 0 aliphatic carbocycles. The largest absolute Gasteiger partial charge is 0.497 e.